The van der Waals surface area contributed by atoms with Crippen LogP contribution in [0.25, 0.3) is 0 Å². The Morgan fingerprint density at radius 1 is 0.938 bits per heavy atom. The van der Waals surface area contributed by atoms with E-state index in [-0.39, 0.29) is 53.1 Å². The second-order valence-electron chi connectivity index (χ2n) is 16.8. The molecule has 1 aliphatic heterocycles. The van der Waals surface area contributed by atoms with Crippen LogP contribution < -0.4 is 25.8 Å². The highest BCUT2D eigenvalue weighted by atomic mass is 16.7. The molecule has 4 aliphatic rings. The zero-order valence-electron chi connectivity index (χ0n) is 35.8. The van der Waals surface area contributed by atoms with Crippen LogP contribution in [0.4, 0.5) is 9.59 Å². The molecule has 2 amide bonds. The fourth-order valence-electron chi connectivity index (χ4n) is 9.15. The van der Waals surface area contributed by atoms with Gasteiger partial charge in [-0.1, -0.05) is 24.3 Å². The fourth-order valence-corrected chi connectivity index (χ4v) is 9.15. The standard InChI is InChI=1S/C46H53N3O15/c1-21-14-24(15-22(2)43(21)64-45(58)48-28-12-8-6-5-7-11-27(28)47)20-61-44(57)49-29-16-33(62-23(3)38(29)52)63-31-18-46(59,32(51)19-50)17-26-35(31)42(56)37-36(40(26)54)39(53)25-10-9-13-30(60-4)34(25)41(37)55/h5-6,9-10,13-15,23,27-29,31,33,38,50,52,54,56,59H,7-8,11-12,16-20,47H2,1-4H3,(H,48,58)(H,49,57)/b6-5+. The first kappa shape index (κ1) is 46.1. The molecule has 18 nitrogen and oxygen atoms in total. The number of fused-ring (bicyclic) bond motifs is 3. The number of aromatic hydroxyl groups is 2. The Hall–Kier alpha value is -5.89. The van der Waals surface area contributed by atoms with E-state index < -0.39 is 108 Å². The van der Waals surface area contributed by atoms with Crippen molar-refractivity contribution < 1.29 is 73.2 Å². The van der Waals surface area contributed by atoms with Gasteiger partial charge in [-0.15, -0.1) is 0 Å². The van der Waals surface area contributed by atoms with Crippen LogP contribution in [0, 0.1) is 13.8 Å². The molecule has 0 bridgehead atoms. The van der Waals surface area contributed by atoms with Crippen molar-refractivity contribution in [3.63, 3.8) is 0 Å². The summed E-state index contributed by atoms with van der Waals surface area (Å²) in [6, 6.07) is 6.21. The van der Waals surface area contributed by atoms with E-state index in [4.69, 9.17) is 29.4 Å². The lowest BCUT2D eigenvalue weighted by Gasteiger charge is -2.42. The highest BCUT2D eigenvalue weighted by Gasteiger charge is 2.50. The lowest BCUT2D eigenvalue weighted by atomic mass is 9.72. The van der Waals surface area contributed by atoms with Gasteiger partial charge in [-0.3, -0.25) is 14.4 Å². The molecule has 8 unspecified atom stereocenters. The molecule has 9 N–H and O–H groups in total. The minimum Gasteiger partial charge on any atom is -0.507 e. The van der Waals surface area contributed by atoms with Crippen molar-refractivity contribution in [2.75, 3.05) is 13.7 Å². The average Bonchev–Trinajstić information content (AvgIpc) is 3.25. The highest BCUT2D eigenvalue weighted by Crippen LogP contribution is 2.52. The lowest BCUT2D eigenvalue weighted by Crippen LogP contribution is -2.56. The number of nitrogens with one attached hydrogen (secondary N) is 2. The molecular formula is C46H53N3O15. The van der Waals surface area contributed by atoms with Gasteiger partial charge in [0.1, 0.15) is 47.9 Å². The number of Topliss-reactive ketones (excluding diaryl/α,β-unsaturated/α-hetero) is 1. The van der Waals surface area contributed by atoms with E-state index in [0.29, 0.717) is 28.9 Å². The number of methoxy groups -OCH3 is 1. The van der Waals surface area contributed by atoms with E-state index in [1.165, 1.54) is 32.2 Å². The number of rotatable bonds is 10. The summed E-state index contributed by atoms with van der Waals surface area (Å²) < 4.78 is 28.7. The predicted molar refractivity (Wildman–Crippen MR) is 225 cm³/mol. The Morgan fingerprint density at radius 2 is 1.61 bits per heavy atom. The number of aliphatic hydroxyl groups excluding tert-OH is 2. The van der Waals surface area contributed by atoms with Crippen LogP contribution in [0.15, 0.2) is 42.5 Å². The molecule has 1 fully saturated rings. The second kappa shape index (κ2) is 18.7. The van der Waals surface area contributed by atoms with E-state index in [9.17, 15) is 49.5 Å². The summed E-state index contributed by atoms with van der Waals surface area (Å²) in [5, 5.41) is 61.5. The molecule has 1 saturated heterocycles. The van der Waals surface area contributed by atoms with Crippen molar-refractivity contribution in [1.82, 2.24) is 10.6 Å². The van der Waals surface area contributed by atoms with E-state index in [1.54, 1.807) is 26.0 Å². The van der Waals surface area contributed by atoms with Gasteiger partial charge >= 0.3 is 12.2 Å². The molecule has 3 aliphatic carbocycles. The van der Waals surface area contributed by atoms with Crippen LogP contribution in [0.2, 0.25) is 0 Å². The highest BCUT2D eigenvalue weighted by molar-refractivity contribution is 6.31. The topological polar surface area (TPSA) is 283 Å². The van der Waals surface area contributed by atoms with Crippen molar-refractivity contribution in [2.45, 2.75) is 121 Å². The molecule has 0 radical (unpaired) electrons. The minimum atomic E-state index is -2.37. The Bertz CT molecular complexity index is 2380. The van der Waals surface area contributed by atoms with E-state index in [0.717, 1.165) is 19.3 Å². The molecule has 342 valence electrons. The summed E-state index contributed by atoms with van der Waals surface area (Å²) >= 11 is 0. The number of alkyl carbamates (subject to hydrolysis) is 1. The molecule has 0 saturated carbocycles. The molecule has 18 heteroatoms. The maximum absolute atomic E-state index is 14.0. The normalized spacial score (nSPS) is 26.8. The van der Waals surface area contributed by atoms with Crippen LogP contribution >= 0.6 is 0 Å². The van der Waals surface area contributed by atoms with Gasteiger partial charge in [0.25, 0.3) is 0 Å². The molecule has 64 heavy (non-hydrogen) atoms. The fraction of sp³-hybridized carbons (Fsp3) is 0.457. The molecule has 3 aromatic carbocycles. The third-order valence-corrected chi connectivity index (χ3v) is 12.4. The summed E-state index contributed by atoms with van der Waals surface area (Å²) in [4.78, 5) is 66.9. The Balaban J connectivity index is 1.06. The van der Waals surface area contributed by atoms with Gasteiger partial charge in [0, 0.05) is 48.0 Å². The quantitative estimate of drug-likeness (QED) is 0.0836. The monoisotopic (exact) mass is 887 g/mol. The third kappa shape index (κ3) is 8.93. The number of benzene rings is 3. The number of allylic oxidation sites excluding steroid dienone is 2. The van der Waals surface area contributed by atoms with Gasteiger partial charge in [-0.25, -0.2) is 9.59 Å². The molecule has 0 spiro atoms. The zero-order valence-corrected chi connectivity index (χ0v) is 35.8. The number of nitrogens with two attached hydrogens (primary N) is 1. The van der Waals surface area contributed by atoms with Gasteiger partial charge in [-0.2, -0.15) is 0 Å². The number of hydrogen-bond donors (Lipinski definition) is 8. The number of ether oxygens (including phenoxy) is 5. The minimum absolute atomic E-state index is 0.0488. The first-order chi connectivity index (χ1) is 30.5. The maximum atomic E-state index is 14.0. The molecule has 7 rings (SSSR count). The maximum Gasteiger partial charge on any atom is 0.412 e. The van der Waals surface area contributed by atoms with Gasteiger partial charge in [-0.05, 0) is 81.3 Å². The zero-order chi connectivity index (χ0) is 46.2. The Kier molecular flexibility index (Phi) is 13.5. The summed E-state index contributed by atoms with van der Waals surface area (Å²) in [7, 11) is 1.30. The van der Waals surface area contributed by atoms with E-state index in [2.05, 4.69) is 22.8 Å². The second-order valence-corrected chi connectivity index (χ2v) is 16.8. The largest absolute Gasteiger partial charge is 0.507 e. The van der Waals surface area contributed by atoms with Crippen LogP contribution in [0.5, 0.6) is 23.0 Å². The van der Waals surface area contributed by atoms with E-state index >= 15 is 0 Å². The smallest absolute Gasteiger partial charge is 0.412 e. The summed E-state index contributed by atoms with van der Waals surface area (Å²) in [5.74, 6) is -3.82. The number of phenols is 2. The van der Waals surface area contributed by atoms with Crippen molar-refractivity contribution in [1.29, 1.82) is 0 Å². The molecule has 8 atom stereocenters. The van der Waals surface area contributed by atoms with Crippen molar-refractivity contribution in [2.24, 2.45) is 5.73 Å². The van der Waals surface area contributed by atoms with Crippen LogP contribution in [-0.2, 0) is 32.0 Å². The molecule has 1 heterocycles. The van der Waals surface area contributed by atoms with Crippen molar-refractivity contribution in [3.8, 4) is 23.0 Å². The average molecular weight is 888 g/mol. The summed E-state index contributed by atoms with van der Waals surface area (Å²) in [6.07, 6.45) is -0.875. The first-order valence-electron chi connectivity index (χ1n) is 21.1. The van der Waals surface area contributed by atoms with Gasteiger partial charge in [0.05, 0.1) is 42.0 Å². The number of aliphatic hydroxyl groups is 3. The SMILES string of the molecule is COc1cccc2c1C(=O)c1c(O)c3c(c(O)c1C2=O)CC(O)(C(=O)CO)CC3OC1CC(NC(=O)OCc2cc(C)c(OC(=O)NC3CC/C=C/CCC3N)c(C)c2)C(O)C(C)O1. The number of hydrogen-bond acceptors (Lipinski definition) is 16. The number of phenolic OH excluding ortho intramolecular Hbond substituents is 2. The van der Waals surface area contributed by atoms with E-state index in [1.807, 2.05) is 0 Å². The summed E-state index contributed by atoms with van der Waals surface area (Å²) in [6.45, 7) is 3.72. The number of carbonyl (C=O) groups is 5. The summed E-state index contributed by atoms with van der Waals surface area (Å²) in [5.41, 5.74) is 3.93. The molecular weight excluding hydrogens is 835 g/mol. The van der Waals surface area contributed by atoms with Gasteiger partial charge in [0.15, 0.2) is 17.9 Å². The Morgan fingerprint density at radius 3 is 2.30 bits per heavy atom. The van der Waals surface area contributed by atoms with Crippen molar-refractivity contribution in [3.05, 3.63) is 92.6 Å². The van der Waals surface area contributed by atoms with Gasteiger partial charge in [0.2, 0.25) is 5.78 Å². The molecule has 3 aromatic rings. The van der Waals surface area contributed by atoms with Crippen LogP contribution in [-0.4, -0.2) is 111 Å². The lowest BCUT2D eigenvalue weighted by molar-refractivity contribution is -0.249. The number of amides is 2. The van der Waals surface area contributed by atoms with Crippen LogP contribution in [0.3, 0.4) is 0 Å². The predicted octanol–water partition coefficient (Wildman–Crippen LogP) is 3.50. The first-order valence-corrected chi connectivity index (χ1v) is 21.1. The van der Waals surface area contributed by atoms with Crippen LogP contribution in [0.1, 0.15) is 111 Å². The number of carbonyl (C=O) groups excluding carboxylic acids is 5. The van der Waals surface area contributed by atoms with Crippen molar-refractivity contribution >= 4 is 29.5 Å². The Labute approximate surface area is 368 Å². The number of ketones is 3. The van der Waals surface area contributed by atoms with Gasteiger partial charge < -0.3 is 65.6 Å². The third-order valence-electron chi connectivity index (χ3n) is 12.4. The molecule has 0 aromatic heterocycles. The number of aryl methyl sites for hydroxylation is 2.